The summed E-state index contributed by atoms with van der Waals surface area (Å²) in [5, 5.41) is 0. The largest absolute Gasteiger partial charge is 0.425 e. The number of ether oxygens (including phenoxy) is 3. The van der Waals surface area contributed by atoms with Crippen LogP contribution < -0.4 is 0 Å². The van der Waals surface area contributed by atoms with Gasteiger partial charge in [0.05, 0.1) is 13.2 Å². The van der Waals surface area contributed by atoms with Crippen molar-refractivity contribution >= 4 is 22.8 Å². The maximum atomic E-state index is 11.3. The van der Waals surface area contributed by atoms with E-state index in [1.165, 1.54) is 0 Å². The SMILES string of the molecule is C=CC(=O)OCOC(=O)C[S+]1CCOCC1. The van der Waals surface area contributed by atoms with Crippen LogP contribution in [-0.4, -0.2) is 49.2 Å². The van der Waals surface area contributed by atoms with Gasteiger partial charge < -0.3 is 14.2 Å². The van der Waals surface area contributed by atoms with Gasteiger partial charge >= 0.3 is 11.9 Å². The van der Waals surface area contributed by atoms with Gasteiger partial charge in [0.25, 0.3) is 0 Å². The fraction of sp³-hybridized carbons (Fsp3) is 0.600. The Morgan fingerprint density at radius 2 is 2.00 bits per heavy atom. The lowest BCUT2D eigenvalue weighted by atomic mass is 10.7. The predicted octanol–water partition coefficient (Wildman–Crippen LogP) is -0.135. The molecule has 0 aromatic carbocycles. The minimum absolute atomic E-state index is 0.0491. The molecule has 0 aromatic heterocycles. The number of carbonyl (C=O) groups excluding carboxylic acids is 2. The molecular formula is C10H15O5S+. The average Bonchev–Trinajstić information content (AvgIpc) is 2.30. The summed E-state index contributed by atoms with van der Waals surface area (Å²) in [5.74, 6) is 1.27. The van der Waals surface area contributed by atoms with E-state index < -0.39 is 5.97 Å². The Kier molecular flexibility index (Phi) is 5.95. The van der Waals surface area contributed by atoms with E-state index in [2.05, 4.69) is 11.3 Å². The summed E-state index contributed by atoms with van der Waals surface area (Å²) in [6.07, 6.45) is 1.02. The van der Waals surface area contributed by atoms with Crippen LogP contribution in [0.2, 0.25) is 0 Å². The van der Waals surface area contributed by atoms with Crippen LogP contribution in [0.3, 0.4) is 0 Å². The first kappa shape index (κ1) is 13.1. The van der Waals surface area contributed by atoms with Crippen molar-refractivity contribution in [2.75, 3.05) is 37.3 Å². The number of hydrogen-bond donors (Lipinski definition) is 0. The minimum atomic E-state index is -0.596. The highest BCUT2D eigenvalue weighted by Gasteiger charge is 2.26. The van der Waals surface area contributed by atoms with Crippen LogP contribution in [0.25, 0.3) is 0 Å². The van der Waals surface area contributed by atoms with Crippen LogP contribution >= 0.6 is 0 Å². The van der Waals surface area contributed by atoms with Crippen molar-refractivity contribution in [1.82, 2.24) is 0 Å². The van der Waals surface area contributed by atoms with Gasteiger partial charge in [0.1, 0.15) is 11.5 Å². The second-order valence-electron chi connectivity index (χ2n) is 3.08. The number of rotatable bonds is 5. The molecule has 0 atom stereocenters. The number of hydrogen-bond acceptors (Lipinski definition) is 5. The molecule has 1 aliphatic rings. The zero-order valence-electron chi connectivity index (χ0n) is 8.98. The summed E-state index contributed by atoms with van der Waals surface area (Å²) < 4.78 is 14.5. The van der Waals surface area contributed by atoms with Crippen LogP contribution in [0, 0.1) is 0 Å². The summed E-state index contributed by atoms with van der Waals surface area (Å²) >= 11 is 0. The fourth-order valence-corrected chi connectivity index (χ4v) is 2.74. The fourth-order valence-electron chi connectivity index (χ4n) is 1.12. The van der Waals surface area contributed by atoms with Gasteiger partial charge in [0.2, 0.25) is 12.5 Å². The second kappa shape index (κ2) is 7.29. The Balaban J connectivity index is 2.10. The lowest BCUT2D eigenvalue weighted by molar-refractivity contribution is -0.161. The van der Waals surface area contributed by atoms with Crippen LogP contribution in [0.5, 0.6) is 0 Å². The molecule has 0 N–H and O–H groups in total. The van der Waals surface area contributed by atoms with Gasteiger partial charge in [-0.3, -0.25) is 0 Å². The molecule has 0 radical (unpaired) electrons. The molecule has 1 saturated heterocycles. The van der Waals surface area contributed by atoms with Gasteiger partial charge in [-0.15, -0.1) is 0 Å². The molecule has 1 heterocycles. The van der Waals surface area contributed by atoms with Gasteiger partial charge in [-0.1, -0.05) is 6.58 Å². The Labute approximate surface area is 97.1 Å². The summed E-state index contributed by atoms with van der Waals surface area (Å²) in [5.41, 5.74) is 0. The van der Waals surface area contributed by atoms with E-state index in [1.807, 2.05) is 0 Å². The molecule has 0 aromatic rings. The monoisotopic (exact) mass is 247 g/mol. The summed E-state index contributed by atoms with van der Waals surface area (Å²) in [7, 11) is 0.0491. The van der Waals surface area contributed by atoms with Gasteiger partial charge in [-0.2, -0.15) is 0 Å². The highest BCUT2D eigenvalue weighted by molar-refractivity contribution is 7.97. The Morgan fingerprint density at radius 3 is 2.62 bits per heavy atom. The maximum Gasteiger partial charge on any atom is 0.359 e. The van der Waals surface area contributed by atoms with E-state index >= 15 is 0 Å². The van der Waals surface area contributed by atoms with Crippen LogP contribution in [0.4, 0.5) is 0 Å². The van der Waals surface area contributed by atoms with Crippen molar-refractivity contribution in [2.24, 2.45) is 0 Å². The molecule has 0 aliphatic carbocycles. The molecule has 0 spiro atoms. The topological polar surface area (TPSA) is 61.8 Å². The standard InChI is InChI=1S/C10H15O5S/c1-2-9(11)14-8-15-10(12)7-16-5-3-13-4-6-16/h2H,1,3-8H2/q+1. The van der Waals surface area contributed by atoms with Gasteiger partial charge in [0.15, 0.2) is 0 Å². The molecular weight excluding hydrogens is 232 g/mol. The van der Waals surface area contributed by atoms with Gasteiger partial charge in [-0.05, 0) is 0 Å². The Morgan fingerprint density at radius 1 is 1.31 bits per heavy atom. The summed E-state index contributed by atoms with van der Waals surface area (Å²) in [4.78, 5) is 21.9. The first-order chi connectivity index (χ1) is 7.72. The van der Waals surface area contributed by atoms with Crippen molar-refractivity contribution in [3.63, 3.8) is 0 Å². The zero-order valence-corrected chi connectivity index (χ0v) is 9.79. The van der Waals surface area contributed by atoms with Crippen molar-refractivity contribution in [2.45, 2.75) is 0 Å². The molecule has 0 amide bonds. The summed E-state index contributed by atoms with van der Waals surface area (Å²) in [6.45, 7) is 4.31. The molecule has 6 heteroatoms. The molecule has 90 valence electrons. The molecule has 0 saturated carbocycles. The number of carbonyl (C=O) groups is 2. The molecule has 0 unspecified atom stereocenters. The van der Waals surface area contributed by atoms with Crippen LogP contribution in [-0.2, 0) is 34.7 Å². The van der Waals surface area contributed by atoms with E-state index in [0.29, 0.717) is 19.0 Å². The molecule has 1 aliphatic heterocycles. The lowest BCUT2D eigenvalue weighted by Gasteiger charge is -2.13. The van der Waals surface area contributed by atoms with E-state index in [9.17, 15) is 9.59 Å². The third kappa shape index (κ3) is 5.18. The maximum absolute atomic E-state index is 11.3. The molecule has 16 heavy (non-hydrogen) atoms. The molecule has 0 bridgehead atoms. The van der Waals surface area contributed by atoms with Crippen LogP contribution in [0.1, 0.15) is 0 Å². The Hall–Kier alpha value is -1.01. The molecule has 1 fully saturated rings. The second-order valence-corrected chi connectivity index (χ2v) is 5.41. The first-order valence-corrected chi connectivity index (χ1v) is 6.62. The highest BCUT2D eigenvalue weighted by Crippen LogP contribution is 2.04. The van der Waals surface area contributed by atoms with E-state index in [1.54, 1.807) is 0 Å². The van der Waals surface area contributed by atoms with E-state index in [4.69, 9.17) is 9.47 Å². The number of esters is 2. The van der Waals surface area contributed by atoms with Crippen molar-refractivity contribution < 1.29 is 23.8 Å². The van der Waals surface area contributed by atoms with Gasteiger partial charge in [-0.25, -0.2) is 9.59 Å². The van der Waals surface area contributed by atoms with Gasteiger partial charge in [0, 0.05) is 17.0 Å². The zero-order chi connectivity index (χ0) is 11.8. The normalized spacial score (nSPS) is 16.5. The van der Waals surface area contributed by atoms with E-state index in [-0.39, 0.29) is 23.7 Å². The third-order valence-corrected chi connectivity index (χ3v) is 4.07. The molecule has 5 nitrogen and oxygen atoms in total. The lowest BCUT2D eigenvalue weighted by Crippen LogP contribution is -2.32. The van der Waals surface area contributed by atoms with Crippen molar-refractivity contribution in [3.05, 3.63) is 12.7 Å². The highest BCUT2D eigenvalue weighted by atomic mass is 32.2. The van der Waals surface area contributed by atoms with Crippen molar-refractivity contribution in [3.8, 4) is 0 Å². The molecule has 1 rings (SSSR count). The first-order valence-electron chi connectivity index (χ1n) is 4.89. The third-order valence-electron chi connectivity index (χ3n) is 1.94. The minimum Gasteiger partial charge on any atom is -0.425 e. The van der Waals surface area contributed by atoms with Crippen molar-refractivity contribution in [1.29, 1.82) is 0 Å². The predicted molar refractivity (Wildman–Crippen MR) is 60.0 cm³/mol. The Bertz CT molecular complexity index is 260. The quantitative estimate of drug-likeness (QED) is 0.293. The van der Waals surface area contributed by atoms with Crippen LogP contribution in [0.15, 0.2) is 12.7 Å². The average molecular weight is 247 g/mol. The van der Waals surface area contributed by atoms with E-state index in [0.717, 1.165) is 17.6 Å². The summed E-state index contributed by atoms with van der Waals surface area (Å²) in [6, 6.07) is 0. The smallest absolute Gasteiger partial charge is 0.359 e.